The third-order valence-electron chi connectivity index (χ3n) is 4.26. The molecule has 0 saturated carbocycles. The molecule has 3 heterocycles. The van der Waals surface area contributed by atoms with Crippen molar-refractivity contribution in [1.82, 2.24) is 9.58 Å². The van der Waals surface area contributed by atoms with Crippen molar-refractivity contribution >= 4 is 40.3 Å². The number of hydrogen-bond donors (Lipinski definition) is 1. The predicted octanol–water partition coefficient (Wildman–Crippen LogP) is 3.48. The summed E-state index contributed by atoms with van der Waals surface area (Å²) in [6.07, 6.45) is 1.61. The van der Waals surface area contributed by atoms with Crippen LogP contribution in [0.2, 0.25) is 0 Å². The van der Waals surface area contributed by atoms with Gasteiger partial charge in [0.05, 0.1) is 16.8 Å². The summed E-state index contributed by atoms with van der Waals surface area (Å²) >= 11 is 1.20. The Kier molecular flexibility index (Phi) is 3.84. The standard InChI is InChI=1S/C18H14FN5OS/c1-10-7-12(11(2)23(10)15-6-4-3-5-14(15)19)8-13-16(20)24-18(22-17(13)25)26-9-21-24/h3-9,20H,1-2H3/b13-8+,20-16?. The predicted molar refractivity (Wildman–Crippen MR) is 101 cm³/mol. The topological polar surface area (TPSA) is 73.8 Å². The number of nitrogens with one attached hydrogen (secondary N) is 1. The van der Waals surface area contributed by atoms with Gasteiger partial charge in [0.15, 0.2) is 11.0 Å². The Morgan fingerprint density at radius 3 is 2.81 bits per heavy atom. The second-order valence-electron chi connectivity index (χ2n) is 5.87. The van der Waals surface area contributed by atoms with Gasteiger partial charge in [-0.3, -0.25) is 10.2 Å². The van der Waals surface area contributed by atoms with Crippen molar-refractivity contribution in [3.05, 3.63) is 58.7 Å². The fourth-order valence-electron chi connectivity index (χ4n) is 3.03. The van der Waals surface area contributed by atoms with E-state index in [2.05, 4.69) is 10.1 Å². The van der Waals surface area contributed by atoms with Crippen LogP contribution in [0.4, 0.5) is 4.39 Å². The molecule has 0 aliphatic carbocycles. The zero-order valence-electron chi connectivity index (χ0n) is 14.0. The maximum atomic E-state index is 14.2. The molecule has 0 saturated heterocycles. The summed E-state index contributed by atoms with van der Waals surface area (Å²) in [5.74, 6) is -0.820. The molecule has 0 radical (unpaired) electrons. The minimum atomic E-state index is -0.477. The first-order valence-electron chi connectivity index (χ1n) is 7.84. The van der Waals surface area contributed by atoms with Crippen LogP contribution in [0, 0.1) is 25.1 Å². The van der Waals surface area contributed by atoms with E-state index in [4.69, 9.17) is 5.41 Å². The lowest BCUT2D eigenvalue weighted by Gasteiger charge is -2.20. The monoisotopic (exact) mass is 367 g/mol. The van der Waals surface area contributed by atoms with E-state index in [9.17, 15) is 9.18 Å². The van der Waals surface area contributed by atoms with Gasteiger partial charge in [-0.1, -0.05) is 12.1 Å². The zero-order valence-corrected chi connectivity index (χ0v) is 14.8. The number of thioether (sulfide) groups is 1. The molecule has 1 aromatic heterocycles. The number of benzene rings is 1. The first-order chi connectivity index (χ1) is 12.5. The molecule has 2 aromatic rings. The molecule has 26 heavy (non-hydrogen) atoms. The lowest BCUT2D eigenvalue weighted by Crippen LogP contribution is -2.35. The van der Waals surface area contributed by atoms with Gasteiger partial charge >= 0.3 is 0 Å². The maximum Gasteiger partial charge on any atom is 0.283 e. The van der Waals surface area contributed by atoms with Crippen molar-refractivity contribution in [3.8, 4) is 5.69 Å². The van der Waals surface area contributed by atoms with E-state index in [1.54, 1.807) is 28.8 Å². The number of aliphatic imine (C=N–C) groups is 1. The van der Waals surface area contributed by atoms with Gasteiger partial charge in [-0.15, -0.1) is 0 Å². The van der Waals surface area contributed by atoms with Crippen molar-refractivity contribution < 1.29 is 9.18 Å². The normalized spacial score (nSPS) is 17.9. The zero-order chi connectivity index (χ0) is 18.4. The number of rotatable bonds is 2. The average molecular weight is 367 g/mol. The van der Waals surface area contributed by atoms with Crippen LogP contribution >= 0.6 is 11.8 Å². The second-order valence-corrected chi connectivity index (χ2v) is 6.68. The molecule has 1 aromatic carbocycles. The number of hydrogen-bond acceptors (Lipinski definition) is 4. The molecule has 2 aliphatic heterocycles. The summed E-state index contributed by atoms with van der Waals surface area (Å²) in [7, 11) is 0. The number of amidine groups is 2. The summed E-state index contributed by atoms with van der Waals surface area (Å²) < 4.78 is 16.0. The van der Waals surface area contributed by atoms with Crippen LogP contribution in [0.15, 0.2) is 46.0 Å². The number of aryl methyl sites for hydroxylation is 1. The molecule has 2 aliphatic rings. The third kappa shape index (κ3) is 2.50. The number of aromatic nitrogens is 1. The Bertz CT molecular complexity index is 1050. The Morgan fingerprint density at radius 2 is 2.04 bits per heavy atom. The maximum absolute atomic E-state index is 14.2. The Morgan fingerprint density at radius 1 is 1.27 bits per heavy atom. The second kappa shape index (κ2) is 6.06. The van der Waals surface area contributed by atoms with Gasteiger partial charge in [0, 0.05) is 11.4 Å². The Labute approximate surface area is 153 Å². The summed E-state index contributed by atoms with van der Waals surface area (Å²) in [5, 5.41) is 14.0. The van der Waals surface area contributed by atoms with Gasteiger partial charge in [0.1, 0.15) is 5.82 Å². The fourth-order valence-corrected chi connectivity index (χ4v) is 3.64. The van der Waals surface area contributed by atoms with E-state index < -0.39 is 5.91 Å². The van der Waals surface area contributed by atoms with E-state index in [1.807, 2.05) is 19.9 Å². The Balaban J connectivity index is 1.81. The molecule has 1 N–H and O–H groups in total. The average Bonchev–Trinajstić information content (AvgIpc) is 3.17. The van der Waals surface area contributed by atoms with E-state index >= 15 is 0 Å². The van der Waals surface area contributed by atoms with Crippen molar-refractivity contribution in [2.75, 3.05) is 0 Å². The van der Waals surface area contributed by atoms with Crippen molar-refractivity contribution in [1.29, 1.82) is 5.41 Å². The van der Waals surface area contributed by atoms with Gasteiger partial charge < -0.3 is 4.57 Å². The summed E-state index contributed by atoms with van der Waals surface area (Å²) in [4.78, 5) is 16.3. The van der Waals surface area contributed by atoms with E-state index in [0.717, 1.165) is 17.0 Å². The van der Waals surface area contributed by atoms with Gasteiger partial charge in [0.2, 0.25) is 0 Å². The van der Waals surface area contributed by atoms with Crippen LogP contribution in [-0.4, -0.2) is 32.0 Å². The molecule has 0 spiro atoms. The largest absolute Gasteiger partial charge is 0.315 e. The number of hydrazone groups is 1. The van der Waals surface area contributed by atoms with Crippen molar-refractivity contribution in [2.24, 2.45) is 10.1 Å². The molecule has 130 valence electrons. The van der Waals surface area contributed by atoms with E-state index in [1.165, 1.54) is 28.4 Å². The summed E-state index contributed by atoms with van der Waals surface area (Å²) in [6.45, 7) is 3.72. The molecule has 1 amide bonds. The molecule has 0 atom stereocenters. The quantitative estimate of drug-likeness (QED) is 0.826. The Hall–Kier alpha value is -3.00. The van der Waals surface area contributed by atoms with Crippen molar-refractivity contribution in [3.63, 3.8) is 0 Å². The number of nitrogens with zero attached hydrogens (tertiary/aromatic N) is 4. The molecule has 8 heteroatoms. The molecule has 0 fully saturated rings. The van der Waals surface area contributed by atoms with Crippen LogP contribution in [-0.2, 0) is 4.79 Å². The first-order valence-corrected chi connectivity index (χ1v) is 8.72. The molecule has 0 unspecified atom stereocenters. The molecule has 6 nitrogen and oxygen atoms in total. The van der Waals surface area contributed by atoms with Crippen LogP contribution < -0.4 is 0 Å². The van der Waals surface area contributed by atoms with Crippen LogP contribution in [0.5, 0.6) is 0 Å². The minimum absolute atomic E-state index is 0.0167. The van der Waals surface area contributed by atoms with Crippen molar-refractivity contribution in [2.45, 2.75) is 13.8 Å². The highest BCUT2D eigenvalue weighted by atomic mass is 32.2. The minimum Gasteiger partial charge on any atom is -0.315 e. The summed E-state index contributed by atoms with van der Waals surface area (Å²) in [5.41, 5.74) is 4.46. The van der Waals surface area contributed by atoms with E-state index in [-0.39, 0.29) is 17.2 Å². The van der Waals surface area contributed by atoms with Gasteiger partial charge in [-0.2, -0.15) is 15.1 Å². The van der Waals surface area contributed by atoms with Crippen LogP contribution in [0.25, 0.3) is 11.8 Å². The first kappa shape index (κ1) is 16.5. The smallest absolute Gasteiger partial charge is 0.283 e. The van der Waals surface area contributed by atoms with Gasteiger partial charge in [-0.25, -0.2) is 4.39 Å². The van der Waals surface area contributed by atoms with E-state index in [0.29, 0.717) is 10.9 Å². The van der Waals surface area contributed by atoms with Gasteiger partial charge in [-0.05, 0) is 55.4 Å². The number of halogens is 1. The lowest BCUT2D eigenvalue weighted by molar-refractivity contribution is -0.114. The molecule has 0 bridgehead atoms. The summed E-state index contributed by atoms with van der Waals surface area (Å²) in [6, 6.07) is 8.38. The number of amides is 1. The fraction of sp³-hybridized carbons (Fsp3) is 0.111. The number of fused-ring (bicyclic) bond motifs is 1. The lowest BCUT2D eigenvalue weighted by atomic mass is 10.1. The highest BCUT2D eigenvalue weighted by molar-refractivity contribution is 8.25. The molecule has 4 rings (SSSR count). The van der Waals surface area contributed by atoms with Crippen LogP contribution in [0.1, 0.15) is 17.0 Å². The third-order valence-corrected chi connectivity index (χ3v) is 4.93. The highest BCUT2D eigenvalue weighted by Gasteiger charge is 2.32. The molecular formula is C18H14FN5OS. The SMILES string of the molecule is Cc1cc(/C=C2\C(=N)N3N=CSC3=NC2=O)c(C)n1-c1ccccc1F. The number of para-hydroxylation sites is 1. The number of carbonyl (C=O) groups is 1. The molecular weight excluding hydrogens is 353 g/mol. The highest BCUT2D eigenvalue weighted by Crippen LogP contribution is 2.28. The number of carbonyl (C=O) groups excluding carboxylic acids is 1. The van der Waals surface area contributed by atoms with Gasteiger partial charge in [0.25, 0.3) is 5.91 Å². The van der Waals surface area contributed by atoms with Crippen LogP contribution in [0.3, 0.4) is 0 Å².